The molecule has 0 atom stereocenters. The molecule has 4 aliphatic heterocycles. The van der Waals surface area contributed by atoms with E-state index in [0.29, 0.717) is 105 Å². The van der Waals surface area contributed by atoms with Crippen LogP contribution < -0.4 is 21.3 Å². The molecule has 4 fully saturated rings. The molecule has 144 heavy (non-hydrogen) atoms. The van der Waals surface area contributed by atoms with Crippen LogP contribution >= 0.6 is 0 Å². The fourth-order valence-corrected chi connectivity index (χ4v) is 23.6. The van der Waals surface area contributed by atoms with Gasteiger partial charge in [-0.15, -0.1) is 0 Å². The van der Waals surface area contributed by atoms with Crippen LogP contribution in [0.2, 0.25) is 0 Å². The summed E-state index contributed by atoms with van der Waals surface area (Å²) in [7, 11) is -2.96. The van der Waals surface area contributed by atoms with Crippen LogP contribution in [0.4, 0.5) is 64.6 Å². The fourth-order valence-electron chi connectivity index (χ4n) is 23.0. The van der Waals surface area contributed by atoms with Crippen LogP contribution in [0, 0.1) is 23.7 Å². The van der Waals surface area contributed by atoms with Crippen LogP contribution in [0.15, 0.2) is 170 Å². The monoisotopic (exact) mass is 1970 g/mol. The number of rotatable bonds is 19. The molecule has 16 aromatic rings. The van der Waals surface area contributed by atoms with Crippen molar-refractivity contribution in [3.63, 3.8) is 0 Å². The van der Waals surface area contributed by atoms with E-state index in [1.165, 1.54) is 137 Å². The largest absolute Gasteiger partial charge is 0.474 e. The molecule has 0 spiro atoms. The second kappa shape index (κ2) is 41.8. The van der Waals surface area contributed by atoms with E-state index >= 15 is 0 Å². The van der Waals surface area contributed by atoms with Crippen molar-refractivity contribution in [2.45, 2.75) is 219 Å². The van der Waals surface area contributed by atoms with Gasteiger partial charge in [0.15, 0.2) is 0 Å². The second-order valence-corrected chi connectivity index (χ2v) is 43.4. The molecule has 4 saturated carbocycles. The summed E-state index contributed by atoms with van der Waals surface area (Å²) in [6.07, 6.45) is 26.0. The molecule has 0 unspecified atom stereocenters. The summed E-state index contributed by atoms with van der Waals surface area (Å²) in [5.74, 6) is 5.87. The highest BCUT2D eigenvalue weighted by Crippen LogP contribution is 2.45. The van der Waals surface area contributed by atoms with E-state index in [1.54, 1.807) is 0 Å². The topological polar surface area (TPSA) is 324 Å². The lowest BCUT2D eigenvalue weighted by molar-refractivity contribution is -0.156. The third-order valence-corrected chi connectivity index (χ3v) is 31.9. The minimum Gasteiger partial charge on any atom is -0.474 e. The van der Waals surface area contributed by atoms with E-state index in [2.05, 4.69) is 206 Å². The molecular weight excluding hydrogens is 1850 g/mol. The van der Waals surface area contributed by atoms with Gasteiger partial charge in [-0.25, -0.2) is 57.5 Å². The normalized spacial score (nSPS) is 20.7. The minimum absolute atomic E-state index is 0.0186. The number of amides is 1. The van der Waals surface area contributed by atoms with Crippen molar-refractivity contribution >= 4 is 157 Å². The minimum atomic E-state index is -4.13. The first-order valence-corrected chi connectivity index (χ1v) is 53.5. The third kappa shape index (κ3) is 21.3. The van der Waals surface area contributed by atoms with Gasteiger partial charge in [0.2, 0.25) is 23.8 Å². The maximum Gasteiger partial charge on any atom is 0.394 e. The number of nitrogens with zero attached hydrogens (tertiary/aromatic N) is 20. The van der Waals surface area contributed by atoms with Crippen molar-refractivity contribution in [3.05, 3.63) is 215 Å². The van der Waals surface area contributed by atoms with Gasteiger partial charge >= 0.3 is 18.1 Å². The zero-order valence-corrected chi connectivity index (χ0v) is 83.1. The van der Waals surface area contributed by atoms with Crippen molar-refractivity contribution in [1.29, 1.82) is 0 Å². The smallest absolute Gasteiger partial charge is 0.394 e. The average molecular weight is 1970 g/mol. The molecule has 0 bridgehead atoms. The van der Waals surface area contributed by atoms with Crippen molar-refractivity contribution in [3.8, 4) is 0 Å². The Kier molecular flexibility index (Phi) is 28.1. The summed E-state index contributed by atoms with van der Waals surface area (Å²) in [5, 5.41) is 31.3. The number of carboxylic acids is 1. The van der Waals surface area contributed by atoms with E-state index in [0.717, 1.165) is 184 Å². The Morgan fingerprint density at radius 3 is 0.924 bits per heavy atom. The van der Waals surface area contributed by atoms with Crippen LogP contribution in [0.3, 0.4) is 0 Å². The van der Waals surface area contributed by atoms with Crippen LogP contribution in [-0.4, -0.2) is 194 Å². The number of halogens is 4. The number of carbonyl (C=O) groups is 2. The van der Waals surface area contributed by atoms with Gasteiger partial charge in [0, 0.05) is 219 Å². The molecule has 24 rings (SSSR count). The lowest BCUT2D eigenvalue weighted by Crippen LogP contribution is -2.40. The number of alkyl halides is 4. The van der Waals surface area contributed by atoms with Crippen molar-refractivity contribution in [1.82, 2.24) is 97.7 Å². The Balaban J connectivity index is 0.000000113. The summed E-state index contributed by atoms with van der Waals surface area (Å²) in [4.78, 5) is 87.9. The standard InChI is InChI=1S/C28H31F3N6.C28H34N6O2S.C27H31FN6.C27H28N6O3/c1-18-6-9-20(10-7-18)37-24-5-3-2-4-21(24)22-16-32-27(35-26(22)37)34-25-11-8-19-17-36(14-12-23(19)33-25)15-13-28(29,30)31;1-19-7-10-21(11-8-19)34-25-6-4-3-5-22(25)23-17-29-28(32-27(23)34)31-26-12-9-20-18-33(14-13-24(20)30-26)15-16-37(2,35)36;1-18-6-9-20(10-7-18)34-24-5-3-2-4-21(24)22-16-29-27(32-26(22)34)31-25-11-8-19-17-33(15-13-28)14-12-23(19)30-25;1-16-6-9-18(10-7-16)33-22-5-3-2-4-19(22)20-14-28-27(31-24(20)33)30-23-11-8-17-15-32(25(34)26(35)36)13-12-21(17)29-23/h2-5,8,11,16,18,20H,6-7,9-10,12-15,17H2,1H3,(H,32,33,34,35);3-6,9,12,17,19,21H,7-8,10-11,13-16,18H2,1-2H3,(H,29,30,31,32);2-5,8,11,16,18,20H,6-7,9-10,12-15,17H2,1H3,(H,29,30,31,32);2-5,8,11,14,16,18H,6-7,9-10,12-13,15H2,1H3,(H,35,36)(H,28,29,30,31). The molecule has 5 N–H and O–H groups in total. The first-order chi connectivity index (χ1) is 69.8. The molecule has 0 radical (unpaired) electrons. The molecule has 1 amide bonds. The number of para-hydroxylation sites is 4. The van der Waals surface area contributed by atoms with E-state index in [1.807, 2.05) is 66.1 Å². The van der Waals surface area contributed by atoms with Gasteiger partial charge in [0.25, 0.3) is 0 Å². The zero-order chi connectivity index (χ0) is 99.0. The molecule has 16 heterocycles. The number of nitrogens with one attached hydrogen (secondary N) is 4. The van der Waals surface area contributed by atoms with Gasteiger partial charge in [-0.05, 0) is 197 Å². The van der Waals surface area contributed by atoms with Gasteiger partial charge in [-0.3, -0.25) is 19.5 Å². The van der Waals surface area contributed by atoms with Gasteiger partial charge in [-0.2, -0.15) is 33.1 Å². The number of hydrogen-bond donors (Lipinski definition) is 5. The maximum atomic E-state index is 12.7. The summed E-state index contributed by atoms with van der Waals surface area (Å²) in [6.45, 7) is 14.9. The Morgan fingerprint density at radius 1 is 0.361 bits per heavy atom. The molecule has 748 valence electrons. The van der Waals surface area contributed by atoms with Crippen LogP contribution in [0.25, 0.3) is 87.7 Å². The van der Waals surface area contributed by atoms with Gasteiger partial charge in [0.05, 0.1) is 34.2 Å². The maximum absolute atomic E-state index is 12.7. The zero-order valence-electron chi connectivity index (χ0n) is 82.3. The highest BCUT2D eigenvalue weighted by molar-refractivity contribution is 7.90. The van der Waals surface area contributed by atoms with E-state index in [9.17, 15) is 35.6 Å². The number of carboxylic acid groups (broad SMARTS) is 1. The van der Waals surface area contributed by atoms with Crippen LogP contribution in [0.5, 0.6) is 0 Å². The SMILES string of the molecule is CC1CCC(n2c3ccccc3c3cnc(Nc4ccc5c(n4)CCN(C(=O)C(=O)O)C5)nc32)CC1.CC1CCC(n2c3ccccc3c3cnc(Nc4ccc5c(n4)CCN(CCC(F)(F)F)C5)nc32)CC1.CC1CCC(n2c3ccccc3c3cnc(Nc4ccc5c(n4)CCN(CCF)C5)nc32)CC1.CC1CCC(n2c3ccccc3c3cnc(Nc4ccc5c(n4)CCN(CCS(C)(=O)=O)C5)nc32)CC1. The second-order valence-electron chi connectivity index (χ2n) is 41.2. The number of hydrogen-bond acceptors (Lipinski definition) is 23. The predicted molar refractivity (Wildman–Crippen MR) is 557 cm³/mol. The highest BCUT2D eigenvalue weighted by Gasteiger charge is 2.35. The molecule has 4 aromatic carbocycles. The molecule has 12 aromatic heterocycles. The molecular formula is C110H124F4N24O5S. The number of aliphatic carboxylic acids is 1. The van der Waals surface area contributed by atoms with Gasteiger partial charge < -0.3 is 49.5 Å². The molecule has 4 aliphatic carbocycles. The lowest BCUT2D eigenvalue weighted by atomic mass is 9.87. The number of benzene rings is 4. The van der Waals surface area contributed by atoms with Crippen LogP contribution in [0.1, 0.15) is 206 Å². The summed E-state index contributed by atoms with van der Waals surface area (Å²) in [5.41, 5.74) is 16.8. The number of carbonyl (C=O) groups excluding carboxylic acids is 1. The Bertz CT molecular complexity index is 7560. The number of pyridine rings is 4. The summed E-state index contributed by atoms with van der Waals surface area (Å²) >= 11 is 0. The van der Waals surface area contributed by atoms with Gasteiger partial charge in [-0.1, -0.05) is 125 Å². The Morgan fingerprint density at radius 2 is 0.639 bits per heavy atom. The fraction of sp³-hybridized carbons (Fsp3) is 0.436. The van der Waals surface area contributed by atoms with E-state index in [-0.39, 0.29) is 25.5 Å². The number of aromatic nitrogens is 16. The quantitative estimate of drug-likeness (QED) is 0.0371. The Labute approximate surface area is 833 Å². The number of anilines is 8. The molecule has 34 heteroatoms. The van der Waals surface area contributed by atoms with Crippen LogP contribution in [-0.2, 0) is 71.3 Å². The number of sulfone groups is 1. The van der Waals surface area contributed by atoms with Crippen molar-refractivity contribution < 1.29 is 40.7 Å². The summed E-state index contributed by atoms with van der Waals surface area (Å²) < 4.78 is 83.3. The molecule has 29 nitrogen and oxygen atoms in total. The van der Waals surface area contributed by atoms with Gasteiger partial charge in [0.1, 0.15) is 62.4 Å². The third-order valence-electron chi connectivity index (χ3n) is 31.0. The van der Waals surface area contributed by atoms with E-state index < -0.39 is 34.3 Å². The van der Waals surface area contributed by atoms with Crippen molar-refractivity contribution in [2.75, 3.05) is 85.8 Å². The lowest BCUT2D eigenvalue weighted by Gasteiger charge is -2.28. The van der Waals surface area contributed by atoms with Crippen molar-refractivity contribution in [2.24, 2.45) is 23.7 Å². The first-order valence-electron chi connectivity index (χ1n) is 51.4. The molecule has 0 saturated heterocycles. The highest BCUT2D eigenvalue weighted by atomic mass is 32.2. The predicted octanol–water partition coefficient (Wildman–Crippen LogP) is 21.9. The molecule has 8 aliphatic rings. The van der Waals surface area contributed by atoms with E-state index in [4.69, 9.17) is 45.0 Å². The average Bonchev–Trinajstić information content (AvgIpc) is 1.61. The summed E-state index contributed by atoms with van der Waals surface area (Å²) in [6, 6.07) is 51.4. The first kappa shape index (κ1) is 96.8. The number of fused-ring (bicyclic) bond motifs is 16. The Hall–Kier alpha value is -13.3.